The van der Waals surface area contributed by atoms with Crippen molar-refractivity contribution in [1.29, 1.82) is 0 Å². The van der Waals surface area contributed by atoms with Gasteiger partial charge in [0.05, 0.1) is 0 Å². The number of benzene rings is 1. The third-order valence-electron chi connectivity index (χ3n) is 2.47. The minimum atomic E-state index is 0.920. The molecule has 64 valence electrons. The average Bonchev–Trinajstić information content (AvgIpc) is 2.30. The highest BCUT2D eigenvalue weighted by atomic mass is 15.1. The Labute approximate surface area is 73.0 Å². The van der Waals surface area contributed by atoms with E-state index >= 15 is 0 Å². The van der Waals surface area contributed by atoms with Crippen molar-refractivity contribution in [3.05, 3.63) is 28.8 Å². The molecule has 0 radical (unpaired) electrons. The Kier molecular flexibility index (Phi) is 1.58. The van der Waals surface area contributed by atoms with Gasteiger partial charge in [-0.1, -0.05) is 6.07 Å². The minimum Gasteiger partial charge on any atom is -0.399 e. The Morgan fingerprint density at radius 3 is 2.50 bits per heavy atom. The number of hydrogen-bond donors (Lipinski definition) is 1. The van der Waals surface area contributed by atoms with Gasteiger partial charge in [-0.05, 0) is 36.7 Å². The fraction of sp³-hybridized carbons (Fsp3) is 0.400. The second kappa shape index (κ2) is 2.49. The van der Waals surface area contributed by atoms with Gasteiger partial charge in [0.1, 0.15) is 0 Å². The lowest BCUT2D eigenvalue weighted by Gasteiger charge is -2.02. The summed E-state index contributed by atoms with van der Waals surface area (Å²) in [5.74, 6) is 0. The lowest BCUT2D eigenvalue weighted by Crippen LogP contribution is -2.07. The van der Waals surface area contributed by atoms with E-state index in [1.165, 1.54) is 16.7 Å². The molecular formula is C10H14N2. The van der Waals surface area contributed by atoms with Crippen LogP contribution in [0.15, 0.2) is 12.1 Å². The van der Waals surface area contributed by atoms with E-state index in [9.17, 15) is 0 Å². The van der Waals surface area contributed by atoms with Gasteiger partial charge in [-0.25, -0.2) is 0 Å². The molecule has 0 aliphatic carbocycles. The molecule has 0 fully saturated rings. The number of anilines is 1. The normalized spacial score (nSPS) is 16.5. The van der Waals surface area contributed by atoms with Gasteiger partial charge >= 0.3 is 0 Å². The van der Waals surface area contributed by atoms with E-state index in [-0.39, 0.29) is 0 Å². The predicted octanol–water partition coefficient (Wildman–Crippen LogP) is 1.52. The first kappa shape index (κ1) is 7.62. The summed E-state index contributed by atoms with van der Waals surface area (Å²) in [5, 5.41) is 0. The van der Waals surface area contributed by atoms with Crippen LogP contribution in [0.3, 0.4) is 0 Å². The van der Waals surface area contributed by atoms with Crippen molar-refractivity contribution in [3.63, 3.8) is 0 Å². The summed E-state index contributed by atoms with van der Waals surface area (Å²) in [6.07, 6.45) is 0. The maximum atomic E-state index is 5.82. The Morgan fingerprint density at radius 1 is 1.25 bits per heavy atom. The molecule has 2 N–H and O–H groups in total. The van der Waals surface area contributed by atoms with Crippen LogP contribution in [0.2, 0.25) is 0 Å². The van der Waals surface area contributed by atoms with Crippen LogP contribution in [-0.4, -0.2) is 11.9 Å². The summed E-state index contributed by atoms with van der Waals surface area (Å²) >= 11 is 0. The van der Waals surface area contributed by atoms with Gasteiger partial charge < -0.3 is 5.73 Å². The first-order valence-corrected chi connectivity index (χ1v) is 4.23. The molecule has 0 spiro atoms. The van der Waals surface area contributed by atoms with E-state index in [1.807, 2.05) is 0 Å². The Bertz CT molecular complexity index is 287. The summed E-state index contributed by atoms with van der Waals surface area (Å²) in [7, 11) is 2.13. The fourth-order valence-corrected chi connectivity index (χ4v) is 1.76. The van der Waals surface area contributed by atoms with Crippen LogP contribution in [0.1, 0.15) is 16.7 Å². The molecule has 12 heavy (non-hydrogen) atoms. The molecule has 0 bridgehead atoms. The fourth-order valence-electron chi connectivity index (χ4n) is 1.76. The number of nitrogens with zero attached hydrogens (tertiary/aromatic N) is 1. The third kappa shape index (κ3) is 1.08. The van der Waals surface area contributed by atoms with Crippen molar-refractivity contribution < 1.29 is 0 Å². The minimum absolute atomic E-state index is 0.920. The molecule has 0 amide bonds. The molecule has 2 heteroatoms. The van der Waals surface area contributed by atoms with Gasteiger partial charge in [0.15, 0.2) is 0 Å². The monoisotopic (exact) mass is 162 g/mol. The Hall–Kier alpha value is -1.02. The number of nitrogen functional groups attached to an aromatic ring is 1. The van der Waals surface area contributed by atoms with E-state index < -0.39 is 0 Å². The maximum absolute atomic E-state index is 5.82. The predicted molar refractivity (Wildman–Crippen MR) is 50.8 cm³/mol. The van der Waals surface area contributed by atoms with Gasteiger partial charge in [-0.2, -0.15) is 0 Å². The Balaban J connectivity index is 2.48. The average molecular weight is 162 g/mol. The Morgan fingerprint density at radius 2 is 1.83 bits per heavy atom. The van der Waals surface area contributed by atoms with Crippen molar-refractivity contribution in [2.24, 2.45) is 0 Å². The highest BCUT2D eigenvalue weighted by Gasteiger charge is 2.15. The van der Waals surface area contributed by atoms with E-state index in [0.29, 0.717) is 0 Å². The molecule has 0 atom stereocenters. The van der Waals surface area contributed by atoms with Gasteiger partial charge in [-0.15, -0.1) is 0 Å². The number of rotatable bonds is 0. The lowest BCUT2D eigenvalue weighted by molar-refractivity contribution is 0.353. The maximum Gasteiger partial charge on any atom is 0.0347 e. The molecule has 0 aromatic heterocycles. The molecule has 1 heterocycles. The van der Waals surface area contributed by atoms with Crippen molar-refractivity contribution in [1.82, 2.24) is 4.90 Å². The molecule has 0 saturated carbocycles. The molecule has 1 aliphatic heterocycles. The van der Waals surface area contributed by atoms with E-state index in [2.05, 4.69) is 31.0 Å². The topological polar surface area (TPSA) is 29.3 Å². The molecule has 1 aliphatic rings. The molecule has 1 aromatic carbocycles. The van der Waals surface area contributed by atoms with E-state index in [4.69, 9.17) is 5.73 Å². The van der Waals surface area contributed by atoms with Gasteiger partial charge in [0.25, 0.3) is 0 Å². The summed E-state index contributed by atoms with van der Waals surface area (Å²) in [4.78, 5) is 2.30. The first-order chi connectivity index (χ1) is 5.66. The van der Waals surface area contributed by atoms with Crippen molar-refractivity contribution in [3.8, 4) is 0 Å². The van der Waals surface area contributed by atoms with Crippen LogP contribution >= 0.6 is 0 Å². The molecular weight excluding hydrogens is 148 g/mol. The van der Waals surface area contributed by atoms with E-state index in [0.717, 1.165) is 18.8 Å². The SMILES string of the molecule is Cc1cc2c(cc1N)CN(C)C2. The zero-order valence-corrected chi connectivity index (χ0v) is 7.59. The number of aryl methyl sites for hydroxylation is 1. The zero-order chi connectivity index (χ0) is 8.72. The summed E-state index contributed by atoms with van der Waals surface area (Å²) in [6.45, 7) is 4.17. The van der Waals surface area contributed by atoms with Crippen molar-refractivity contribution in [2.75, 3.05) is 12.8 Å². The first-order valence-electron chi connectivity index (χ1n) is 4.23. The highest BCUT2D eigenvalue weighted by molar-refractivity contribution is 5.52. The van der Waals surface area contributed by atoms with Crippen LogP contribution in [0, 0.1) is 6.92 Å². The molecule has 2 rings (SSSR count). The van der Waals surface area contributed by atoms with Gasteiger partial charge in [-0.3, -0.25) is 4.90 Å². The van der Waals surface area contributed by atoms with Crippen LogP contribution in [0.5, 0.6) is 0 Å². The van der Waals surface area contributed by atoms with Crippen LogP contribution in [0.25, 0.3) is 0 Å². The highest BCUT2D eigenvalue weighted by Crippen LogP contribution is 2.25. The third-order valence-corrected chi connectivity index (χ3v) is 2.47. The summed E-state index contributed by atoms with van der Waals surface area (Å²) in [6, 6.07) is 4.31. The van der Waals surface area contributed by atoms with E-state index in [1.54, 1.807) is 0 Å². The van der Waals surface area contributed by atoms with Gasteiger partial charge in [0.2, 0.25) is 0 Å². The number of fused-ring (bicyclic) bond motifs is 1. The molecule has 1 aromatic rings. The van der Waals surface area contributed by atoms with Gasteiger partial charge in [0, 0.05) is 18.8 Å². The standard InChI is InChI=1S/C10H14N2/c1-7-3-8-5-12(2)6-9(8)4-10(7)11/h3-4H,5-6,11H2,1-2H3. The molecule has 0 unspecified atom stereocenters. The molecule has 0 saturated heterocycles. The van der Waals surface area contributed by atoms with Crippen molar-refractivity contribution in [2.45, 2.75) is 20.0 Å². The van der Waals surface area contributed by atoms with Crippen LogP contribution in [0.4, 0.5) is 5.69 Å². The summed E-state index contributed by atoms with van der Waals surface area (Å²) in [5.41, 5.74) is 10.8. The zero-order valence-electron chi connectivity index (χ0n) is 7.59. The van der Waals surface area contributed by atoms with Crippen molar-refractivity contribution >= 4 is 5.69 Å². The van der Waals surface area contributed by atoms with Crippen LogP contribution < -0.4 is 5.73 Å². The second-order valence-corrected chi connectivity index (χ2v) is 3.65. The largest absolute Gasteiger partial charge is 0.399 e. The number of nitrogens with two attached hydrogens (primary N) is 1. The second-order valence-electron chi connectivity index (χ2n) is 3.65. The molecule has 2 nitrogen and oxygen atoms in total. The summed E-state index contributed by atoms with van der Waals surface area (Å²) < 4.78 is 0. The smallest absolute Gasteiger partial charge is 0.0347 e. The lowest BCUT2D eigenvalue weighted by atomic mass is 10.1. The number of hydrogen-bond acceptors (Lipinski definition) is 2. The quantitative estimate of drug-likeness (QED) is 0.586. The van der Waals surface area contributed by atoms with Crippen LogP contribution in [-0.2, 0) is 13.1 Å².